The number of aryl methyl sites for hydroxylation is 1. The van der Waals surface area contributed by atoms with Gasteiger partial charge in [0.15, 0.2) is 28.7 Å². The second-order valence-corrected chi connectivity index (χ2v) is 12.9. The minimum atomic E-state index is -1.64. The van der Waals surface area contributed by atoms with Crippen molar-refractivity contribution >= 4 is 63.1 Å². The fraction of sp³-hybridized carbons (Fsp3) is 0.444. The summed E-state index contributed by atoms with van der Waals surface area (Å²) in [6.07, 6.45) is -0.392. The molecule has 3 atom stereocenters. The van der Waals surface area contributed by atoms with Gasteiger partial charge in [0, 0.05) is 23.1 Å². The van der Waals surface area contributed by atoms with Gasteiger partial charge in [0.25, 0.3) is 0 Å². The van der Waals surface area contributed by atoms with Crippen LogP contribution >= 0.6 is 23.1 Å². The number of amides is 1. The van der Waals surface area contributed by atoms with Gasteiger partial charge in [-0.1, -0.05) is 17.3 Å². The SMILES string of the molecule is COc1ccc(COC(=O)C2=C(CCl)CS(=O)[C@@H]3[C@H](CC(=O)/C(=N/OC(C)(C)C(C)=O)c4nsc(C)n4)C(=O)N23)cc1. The molecule has 0 N–H and O–H groups in total. The summed E-state index contributed by atoms with van der Waals surface area (Å²) in [6, 6.07) is 6.91. The van der Waals surface area contributed by atoms with Crippen LogP contribution < -0.4 is 4.74 Å². The Morgan fingerprint density at radius 1 is 1.24 bits per heavy atom. The number of oxime groups is 1. The number of hydrogen-bond acceptors (Lipinski definition) is 12. The van der Waals surface area contributed by atoms with Gasteiger partial charge in [0.2, 0.25) is 5.91 Å². The topological polar surface area (TPSA) is 154 Å². The van der Waals surface area contributed by atoms with E-state index in [0.29, 0.717) is 21.9 Å². The van der Waals surface area contributed by atoms with Crippen molar-refractivity contribution in [2.24, 2.45) is 11.1 Å². The number of carbonyl (C=O) groups excluding carboxylic acids is 4. The van der Waals surface area contributed by atoms with Crippen LogP contribution in [0.1, 0.15) is 43.6 Å². The number of Topliss-reactive ketones (excluding diaryl/α,β-unsaturated/α-hetero) is 2. The van der Waals surface area contributed by atoms with Crippen molar-refractivity contribution in [2.75, 3.05) is 18.7 Å². The molecule has 1 amide bonds. The van der Waals surface area contributed by atoms with Crippen molar-refractivity contribution in [3.8, 4) is 5.75 Å². The summed E-state index contributed by atoms with van der Waals surface area (Å²) in [6.45, 7) is 5.93. The van der Waals surface area contributed by atoms with Gasteiger partial charge in [0.1, 0.15) is 28.4 Å². The molecular formula is C27H29ClN4O8S2. The second kappa shape index (κ2) is 12.8. The van der Waals surface area contributed by atoms with Gasteiger partial charge in [-0.25, -0.2) is 9.78 Å². The van der Waals surface area contributed by atoms with Crippen molar-refractivity contribution < 1.29 is 37.7 Å². The first kappa shape index (κ1) is 31.4. The van der Waals surface area contributed by atoms with E-state index in [-0.39, 0.29) is 41.3 Å². The Bertz CT molecular complexity index is 1500. The molecule has 0 bridgehead atoms. The van der Waals surface area contributed by atoms with Crippen LogP contribution in [0.4, 0.5) is 0 Å². The molecule has 1 saturated heterocycles. The molecule has 1 aromatic heterocycles. The lowest BCUT2D eigenvalue weighted by molar-refractivity contribution is -0.156. The highest BCUT2D eigenvalue weighted by Gasteiger charge is 2.57. The summed E-state index contributed by atoms with van der Waals surface area (Å²) in [5.41, 5.74) is -0.645. The van der Waals surface area contributed by atoms with Gasteiger partial charge < -0.3 is 14.3 Å². The predicted molar refractivity (Wildman–Crippen MR) is 154 cm³/mol. The van der Waals surface area contributed by atoms with Gasteiger partial charge in [0.05, 0.1) is 18.8 Å². The largest absolute Gasteiger partial charge is 0.497 e. The number of ether oxygens (including phenoxy) is 2. The minimum absolute atomic E-state index is 0.0117. The highest BCUT2D eigenvalue weighted by Crippen LogP contribution is 2.41. The van der Waals surface area contributed by atoms with E-state index in [0.717, 1.165) is 16.4 Å². The number of methoxy groups -OCH3 is 1. The molecule has 4 rings (SSSR count). The lowest BCUT2D eigenvalue weighted by Crippen LogP contribution is -2.66. The lowest BCUT2D eigenvalue weighted by atomic mass is 9.89. The fourth-order valence-corrected chi connectivity index (χ4v) is 6.74. The molecule has 42 heavy (non-hydrogen) atoms. The molecule has 12 nitrogen and oxygen atoms in total. The molecule has 0 spiro atoms. The summed E-state index contributed by atoms with van der Waals surface area (Å²) < 4.78 is 27.9. The number of fused-ring (bicyclic) bond motifs is 1. The number of benzene rings is 1. The third kappa shape index (κ3) is 6.45. The summed E-state index contributed by atoms with van der Waals surface area (Å²) >= 11 is 7.11. The van der Waals surface area contributed by atoms with E-state index in [2.05, 4.69) is 14.5 Å². The Morgan fingerprint density at radius 3 is 2.50 bits per heavy atom. The Morgan fingerprint density at radius 2 is 1.93 bits per heavy atom. The number of β-lactam (4-membered cyclic amide) rings is 1. The van der Waals surface area contributed by atoms with Crippen molar-refractivity contribution in [2.45, 2.75) is 51.7 Å². The quantitative estimate of drug-likeness (QED) is 0.112. The van der Waals surface area contributed by atoms with Gasteiger partial charge in [-0.3, -0.25) is 23.5 Å². The smallest absolute Gasteiger partial charge is 0.355 e. The molecule has 0 aliphatic carbocycles. The molecule has 2 aromatic rings. The van der Waals surface area contributed by atoms with Crippen molar-refractivity contribution in [1.29, 1.82) is 0 Å². The molecule has 1 fully saturated rings. The standard InChI is InChI=1S/C27H29ClN4O8S2/c1-14(33)27(3,4)40-30-21(23-29-15(2)41-31-23)20(34)10-19-24(35)32-22(17(11-28)13-42(37)25(19)32)26(36)39-12-16-6-8-18(38-5)9-7-16/h6-9,19,25H,10-13H2,1-5H3/b30-21-/t19-,25-,42?/m1/s1. The van der Waals surface area contributed by atoms with E-state index in [1.807, 2.05) is 0 Å². The fourth-order valence-electron chi connectivity index (χ4n) is 4.16. The van der Waals surface area contributed by atoms with Crippen molar-refractivity contribution in [3.63, 3.8) is 0 Å². The van der Waals surface area contributed by atoms with Crippen LogP contribution in [-0.4, -0.2) is 77.3 Å². The van der Waals surface area contributed by atoms with Crippen LogP contribution in [-0.2, 0) is 46.2 Å². The number of halogens is 1. The first-order valence-corrected chi connectivity index (χ1v) is 15.5. The minimum Gasteiger partial charge on any atom is -0.497 e. The molecule has 2 aliphatic rings. The summed E-state index contributed by atoms with van der Waals surface area (Å²) in [4.78, 5) is 62.6. The maximum atomic E-state index is 13.4. The van der Waals surface area contributed by atoms with Crippen LogP contribution in [0.2, 0.25) is 0 Å². The Hall–Kier alpha value is -3.49. The molecular weight excluding hydrogens is 608 g/mol. The zero-order valence-electron chi connectivity index (χ0n) is 23.5. The molecule has 1 unspecified atom stereocenters. The van der Waals surface area contributed by atoms with E-state index < -0.39 is 51.8 Å². The van der Waals surface area contributed by atoms with Crippen LogP contribution in [0.25, 0.3) is 0 Å². The van der Waals surface area contributed by atoms with Crippen molar-refractivity contribution in [3.05, 3.63) is 51.9 Å². The average Bonchev–Trinajstić information content (AvgIpc) is 3.39. The normalized spacial score (nSPS) is 20.5. The number of aromatic nitrogens is 2. The van der Waals surface area contributed by atoms with Crippen LogP contribution in [0.15, 0.2) is 40.7 Å². The number of carbonyl (C=O) groups is 4. The van der Waals surface area contributed by atoms with E-state index in [4.69, 9.17) is 25.9 Å². The Kier molecular flexibility index (Phi) is 9.58. The average molecular weight is 637 g/mol. The van der Waals surface area contributed by atoms with Crippen molar-refractivity contribution in [1.82, 2.24) is 14.3 Å². The van der Waals surface area contributed by atoms with Crippen LogP contribution in [0.3, 0.4) is 0 Å². The zero-order chi connectivity index (χ0) is 30.8. The highest BCUT2D eigenvalue weighted by atomic mass is 35.5. The zero-order valence-corrected chi connectivity index (χ0v) is 25.9. The summed E-state index contributed by atoms with van der Waals surface area (Å²) in [5, 5.41) is 3.53. The maximum Gasteiger partial charge on any atom is 0.355 e. The van der Waals surface area contributed by atoms with E-state index in [1.54, 1.807) is 31.2 Å². The molecule has 0 saturated carbocycles. The van der Waals surface area contributed by atoms with E-state index in [1.165, 1.54) is 27.9 Å². The Balaban J connectivity index is 1.53. The summed E-state index contributed by atoms with van der Waals surface area (Å²) in [7, 11) is -0.101. The first-order valence-electron chi connectivity index (χ1n) is 12.8. The number of hydrogen-bond donors (Lipinski definition) is 0. The third-order valence-corrected chi connectivity index (χ3v) is 9.47. The number of esters is 1. The third-order valence-electron chi connectivity index (χ3n) is 6.82. The van der Waals surface area contributed by atoms with E-state index in [9.17, 15) is 23.4 Å². The molecule has 2 aliphatic heterocycles. The summed E-state index contributed by atoms with van der Waals surface area (Å²) in [5.74, 6) is -2.89. The first-order chi connectivity index (χ1) is 19.9. The molecule has 3 heterocycles. The van der Waals surface area contributed by atoms with Gasteiger partial charge in [-0.05, 0) is 62.5 Å². The molecule has 0 radical (unpaired) electrons. The number of ketones is 2. The molecule has 1 aromatic carbocycles. The molecule has 224 valence electrons. The van der Waals surface area contributed by atoms with Crippen LogP contribution in [0.5, 0.6) is 5.75 Å². The van der Waals surface area contributed by atoms with Gasteiger partial charge >= 0.3 is 5.97 Å². The molecule has 15 heteroatoms. The van der Waals surface area contributed by atoms with Gasteiger partial charge in [-0.2, -0.15) is 4.37 Å². The number of nitrogens with zero attached hydrogens (tertiary/aromatic N) is 4. The monoisotopic (exact) mass is 636 g/mol. The van der Waals surface area contributed by atoms with E-state index >= 15 is 0 Å². The van der Waals surface area contributed by atoms with Crippen LogP contribution in [0, 0.1) is 12.8 Å². The van der Waals surface area contributed by atoms with Gasteiger partial charge in [-0.15, -0.1) is 11.6 Å². The maximum absolute atomic E-state index is 13.4. The number of rotatable bonds is 12. The number of alkyl halides is 1. The Labute approximate surface area is 253 Å². The predicted octanol–water partition coefficient (Wildman–Crippen LogP) is 2.69. The highest BCUT2D eigenvalue weighted by molar-refractivity contribution is 7.86. The lowest BCUT2D eigenvalue weighted by Gasteiger charge is -2.49. The second-order valence-electron chi connectivity index (χ2n) is 10.1.